The van der Waals surface area contributed by atoms with E-state index >= 15 is 0 Å². The standard InChI is InChI=1S/C23H31N5O3/c1-2-27-13-16(10-25-27)12-26-14-17-9-18(15-26)20(28-19(17)5-3-7-22(28)29)11-24-23(30)21-6-4-8-31-21/h3,5,7,10,13,17-18,20-21H,2,4,6,8-9,11-12,14-15H2,1H3,(H,24,30)/t17-,18+,20+,21-/m1/s1. The zero-order valence-electron chi connectivity index (χ0n) is 18.1. The Labute approximate surface area is 182 Å². The van der Waals surface area contributed by atoms with Crippen LogP contribution in [0.4, 0.5) is 0 Å². The van der Waals surface area contributed by atoms with Gasteiger partial charge in [-0.3, -0.25) is 19.2 Å². The molecule has 1 amide bonds. The van der Waals surface area contributed by atoms with Gasteiger partial charge >= 0.3 is 0 Å². The third-order valence-corrected chi connectivity index (χ3v) is 7.00. The summed E-state index contributed by atoms with van der Waals surface area (Å²) in [6, 6.07) is 5.54. The van der Waals surface area contributed by atoms with Gasteiger partial charge in [-0.25, -0.2) is 0 Å². The fourth-order valence-electron chi connectivity index (χ4n) is 5.55. The van der Waals surface area contributed by atoms with Crippen LogP contribution in [0.25, 0.3) is 0 Å². The van der Waals surface area contributed by atoms with Gasteiger partial charge in [-0.15, -0.1) is 0 Å². The Balaban J connectivity index is 1.36. The van der Waals surface area contributed by atoms with E-state index in [1.165, 1.54) is 5.56 Å². The fraction of sp³-hybridized carbons (Fsp3) is 0.609. The van der Waals surface area contributed by atoms with Gasteiger partial charge in [0.05, 0.1) is 12.2 Å². The third kappa shape index (κ3) is 4.06. The number of fused-ring (bicyclic) bond motifs is 4. The summed E-state index contributed by atoms with van der Waals surface area (Å²) < 4.78 is 9.43. The van der Waals surface area contributed by atoms with Gasteiger partial charge in [0.2, 0.25) is 5.91 Å². The first-order valence-electron chi connectivity index (χ1n) is 11.5. The van der Waals surface area contributed by atoms with Gasteiger partial charge in [0, 0.05) is 68.8 Å². The van der Waals surface area contributed by atoms with E-state index in [4.69, 9.17) is 4.74 Å². The van der Waals surface area contributed by atoms with Crippen LogP contribution in [0.3, 0.4) is 0 Å². The maximum absolute atomic E-state index is 12.8. The number of aromatic nitrogens is 3. The van der Waals surface area contributed by atoms with Crippen LogP contribution in [-0.4, -0.2) is 57.5 Å². The van der Waals surface area contributed by atoms with Crippen LogP contribution in [0.15, 0.2) is 35.4 Å². The van der Waals surface area contributed by atoms with E-state index in [9.17, 15) is 9.59 Å². The van der Waals surface area contributed by atoms with Crippen molar-refractivity contribution in [1.82, 2.24) is 24.6 Å². The largest absolute Gasteiger partial charge is 0.368 e. The highest BCUT2D eigenvalue weighted by Crippen LogP contribution is 2.41. The molecular formula is C23H31N5O3. The van der Waals surface area contributed by atoms with Crippen molar-refractivity contribution in [3.05, 3.63) is 52.2 Å². The van der Waals surface area contributed by atoms with E-state index in [2.05, 4.69) is 34.5 Å². The zero-order valence-corrected chi connectivity index (χ0v) is 18.1. The maximum atomic E-state index is 12.8. The summed E-state index contributed by atoms with van der Waals surface area (Å²) in [6.07, 6.45) is 6.47. The molecule has 2 bridgehead atoms. The Morgan fingerprint density at radius 3 is 3.00 bits per heavy atom. The van der Waals surface area contributed by atoms with Gasteiger partial charge in [0.25, 0.3) is 5.56 Å². The Hall–Kier alpha value is -2.45. The number of amides is 1. The number of pyridine rings is 1. The molecule has 166 valence electrons. The fourth-order valence-corrected chi connectivity index (χ4v) is 5.55. The molecule has 0 aliphatic carbocycles. The average molecular weight is 426 g/mol. The molecule has 3 aliphatic rings. The minimum absolute atomic E-state index is 0.0289. The minimum Gasteiger partial charge on any atom is -0.368 e. The maximum Gasteiger partial charge on any atom is 0.251 e. The number of rotatable bonds is 6. The molecule has 8 heteroatoms. The summed E-state index contributed by atoms with van der Waals surface area (Å²) in [6.45, 7) is 6.78. The molecule has 4 atom stereocenters. The zero-order chi connectivity index (χ0) is 21.4. The molecule has 2 aromatic heterocycles. The lowest BCUT2D eigenvalue weighted by atomic mass is 9.78. The predicted octanol–water partition coefficient (Wildman–Crippen LogP) is 1.52. The first-order valence-corrected chi connectivity index (χ1v) is 11.5. The molecule has 2 aromatic rings. The second kappa shape index (κ2) is 8.59. The lowest BCUT2D eigenvalue weighted by Crippen LogP contribution is -2.52. The molecule has 0 spiro atoms. The third-order valence-electron chi connectivity index (χ3n) is 7.00. The first-order chi connectivity index (χ1) is 15.1. The normalized spacial score (nSPS) is 27.8. The monoisotopic (exact) mass is 425 g/mol. The summed E-state index contributed by atoms with van der Waals surface area (Å²) in [5.41, 5.74) is 2.34. The van der Waals surface area contributed by atoms with Crippen LogP contribution in [0.2, 0.25) is 0 Å². The van der Waals surface area contributed by atoms with Crippen molar-refractivity contribution >= 4 is 5.91 Å². The highest BCUT2D eigenvalue weighted by atomic mass is 16.5. The summed E-state index contributed by atoms with van der Waals surface area (Å²) in [4.78, 5) is 27.8. The van der Waals surface area contributed by atoms with Crippen LogP contribution in [-0.2, 0) is 22.6 Å². The van der Waals surface area contributed by atoms with E-state index in [-0.39, 0.29) is 23.6 Å². The SMILES string of the molecule is CCn1cc(CN2C[C@H]3C[C@@H](C2)[C@H](CNC(=O)[C@H]2CCCO2)n2c3cccc2=O)cn1. The second-order valence-electron chi connectivity index (χ2n) is 9.06. The predicted molar refractivity (Wildman–Crippen MR) is 116 cm³/mol. The smallest absolute Gasteiger partial charge is 0.251 e. The topological polar surface area (TPSA) is 81.4 Å². The number of likely N-dealkylation sites (tertiary alicyclic amines) is 1. The van der Waals surface area contributed by atoms with E-state index in [1.807, 2.05) is 21.5 Å². The molecule has 3 aliphatic heterocycles. The number of carbonyl (C=O) groups is 1. The van der Waals surface area contributed by atoms with Gasteiger partial charge in [-0.05, 0) is 38.2 Å². The molecule has 0 radical (unpaired) electrons. The Morgan fingerprint density at radius 2 is 2.23 bits per heavy atom. The van der Waals surface area contributed by atoms with Crippen molar-refractivity contribution in [3.8, 4) is 0 Å². The number of aryl methyl sites for hydroxylation is 1. The molecule has 2 fully saturated rings. The van der Waals surface area contributed by atoms with Crippen LogP contribution >= 0.6 is 0 Å². The second-order valence-corrected chi connectivity index (χ2v) is 9.06. The van der Waals surface area contributed by atoms with E-state index in [0.717, 1.165) is 51.1 Å². The molecule has 0 aromatic carbocycles. The lowest BCUT2D eigenvalue weighted by Gasteiger charge is -2.47. The van der Waals surface area contributed by atoms with Crippen molar-refractivity contribution in [1.29, 1.82) is 0 Å². The number of hydrogen-bond acceptors (Lipinski definition) is 5. The van der Waals surface area contributed by atoms with Gasteiger partial charge in [-0.1, -0.05) is 6.07 Å². The quantitative estimate of drug-likeness (QED) is 0.759. The summed E-state index contributed by atoms with van der Waals surface area (Å²) >= 11 is 0. The molecule has 2 saturated heterocycles. The Kier molecular flexibility index (Phi) is 5.67. The highest BCUT2D eigenvalue weighted by Gasteiger charge is 2.40. The number of nitrogens with one attached hydrogen (secondary N) is 1. The number of nitrogens with zero attached hydrogens (tertiary/aromatic N) is 4. The Bertz CT molecular complexity index is 993. The first kappa shape index (κ1) is 20.5. The molecule has 8 nitrogen and oxygen atoms in total. The molecule has 0 unspecified atom stereocenters. The molecule has 0 saturated carbocycles. The van der Waals surface area contributed by atoms with E-state index < -0.39 is 0 Å². The van der Waals surface area contributed by atoms with Crippen molar-refractivity contribution in [2.24, 2.45) is 5.92 Å². The van der Waals surface area contributed by atoms with Crippen molar-refractivity contribution in [2.45, 2.75) is 57.3 Å². The molecular weight excluding hydrogens is 394 g/mol. The van der Waals surface area contributed by atoms with Gasteiger partial charge in [0.15, 0.2) is 0 Å². The average Bonchev–Trinajstić information content (AvgIpc) is 3.46. The highest BCUT2D eigenvalue weighted by molar-refractivity contribution is 5.80. The van der Waals surface area contributed by atoms with Crippen LogP contribution in [0.1, 0.15) is 49.4 Å². The van der Waals surface area contributed by atoms with Crippen molar-refractivity contribution in [3.63, 3.8) is 0 Å². The van der Waals surface area contributed by atoms with E-state index in [1.54, 1.807) is 6.07 Å². The molecule has 5 rings (SSSR count). The summed E-state index contributed by atoms with van der Waals surface area (Å²) in [5.74, 6) is 0.598. The number of carbonyl (C=O) groups excluding carboxylic acids is 1. The van der Waals surface area contributed by atoms with Gasteiger partial charge in [-0.2, -0.15) is 5.10 Å². The van der Waals surface area contributed by atoms with Crippen LogP contribution in [0, 0.1) is 5.92 Å². The van der Waals surface area contributed by atoms with Crippen molar-refractivity contribution in [2.75, 3.05) is 26.2 Å². The van der Waals surface area contributed by atoms with Crippen LogP contribution < -0.4 is 10.9 Å². The van der Waals surface area contributed by atoms with Gasteiger partial charge < -0.3 is 14.6 Å². The number of ether oxygens (including phenoxy) is 1. The Morgan fingerprint density at radius 1 is 1.32 bits per heavy atom. The molecule has 1 N–H and O–H groups in total. The van der Waals surface area contributed by atoms with Crippen LogP contribution in [0.5, 0.6) is 0 Å². The summed E-state index contributed by atoms with van der Waals surface area (Å²) in [5, 5.41) is 7.49. The summed E-state index contributed by atoms with van der Waals surface area (Å²) in [7, 11) is 0. The molecule has 5 heterocycles. The van der Waals surface area contributed by atoms with Gasteiger partial charge in [0.1, 0.15) is 6.10 Å². The van der Waals surface area contributed by atoms with E-state index in [0.29, 0.717) is 25.0 Å². The number of piperidine rings is 1. The minimum atomic E-state index is -0.346. The number of hydrogen-bond donors (Lipinski definition) is 1. The lowest BCUT2D eigenvalue weighted by molar-refractivity contribution is -0.130. The molecule has 31 heavy (non-hydrogen) atoms. The van der Waals surface area contributed by atoms with Crippen molar-refractivity contribution < 1.29 is 9.53 Å².